The number of anilines is 2. The van der Waals surface area contributed by atoms with Crippen molar-refractivity contribution in [2.24, 2.45) is 0 Å². The van der Waals surface area contributed by atoms with E-state index in [9.17, 15) is 9.59 Å². The fourth-order valence-corrected chi connectivity index (χ4v) is 2.92. The van der Waals surface area contributed by atoms with E-state index in [4.69, 9.17) is 5.26 Å². The van der Waals surface area contributed by atoms with Gasteiger partial charge in [-0.05, 0) is 48.4 Å². The number of esters is 1. The van der Waals surface area contributed by atoms with Crippen molar-refractivity contribution in [3.63, 3.8) is 0 Å². The summed E-state index contributed by atoms with van der Waals surface area (Å²) in [6, 6.07) is 16.6. The van der Waals surface area contributed by atoms with Crippen LogP contribution in [-0.4, -0.2) is 32.2 Å². The summed E-state index contributed by atoms with van der Waals surface area (Å²) in [5, 5.41) is 8.88. The molecule has 0 N–H and O–H groups in total. The Bertz CT molecular complexity index is 844. The number of urea groups is 1. The summed E-state index contributed by atoms with van der Waals surface area (Å²) in [6.07, 6.45) is 0.948. The van der Waals surface area contributed by atoms with Crippen LogP contribution in [0.15, 0.2) is 48.5 Å². The smallest absolute Gasteiger partial charge is 0.329 e. The number of carbonyl (C=O) groups is 2. The summed E-state index contributed by atoms with van der Waals surface area (Å²) < 4.78 is 4.64. The Kier molecular flexibility index (Phi) is 6.80. The van der Waals surface area contributed by atoms with Gasteiger partial charge in [-0.3, -0.25) is 14.6 Å². The molecule has 1 heterocycles. The van der Waals surface area contributed by atoms with Crippen molar-refractivity contribution in [3.05, 3.63) is 59.7 Å². The van der Waals surface area contributed by atoms with Gasteiger partial charge in [0.25, 0.3) is 0 Å². The lowest BCUT2D eigenvalue weighted by molar-refractivity contribution is -0.140. The first-order chi connectivity index (χ1) is 12.6. The van der Waals surface area contributed by atoms with Gasteiger partial charge in [-0.2, -0.15) is 5.26 Å². The molecule has 0 saturated carbocycles. The van der Waals surface area contributed by atoms with Crippen molar-refractivity contribution < 1.29 is 14.3 Å². The monoisotopic (exact) mass is 385 g/mol. The van der Waals surface area contributed by atoms with Crippen LogP contribution in [0.5, 0.6) is 0 Å². The fourth-order valence-electron chi connectivity index (χ4n) is 2.92. The van der Waals surface area contributed by atoms with Crippen LogP contribution in [0.2, 0.25) is 0 Å². The summed E-state index contributed by atoms with van der Waals surface area (Å²) in [4.78, 5) is 27.4. The molecule has 7 heteroatoms. The number of rotatable bonds is 5. The van der Waals surface area contributed by atoms with E-state index in [2.05, 4.69) is 10.8 Å². The number of nitriles is 1. The molecule has 3 rings (SSSR count). The molecule has 2 aromatic rings. The topological polar surface area (TPSA) is 73.6 Å². The first-order valence-corrected chi connectivity index (χ1v) is 8.37. The van der Waals surface area contributed by atoms with Crippen molar-refractivity contribution in [1.29, 1.82) is 5.26 Å². The Balaban J connectivity index is 0.00000261. The van der Waals surface area contributed by atoms with Gasteiger partial charge in [0, 0.05) is 30.9 Å². The van der Waals surface area contributed by atoms with Crippen LogP contribution in [0.25, 0.3) is 0 Å². The van der Waals surface area contributed by atoms with Gasteiger partial charge in [0.2, 0.25) is 0 Å². The first-order valence-electron chi connectivity index (χ1n) is 8.37. The van der Waals surface area contributed by atoms with Crippen molar-refractivity contribution >= 4 is 35.8 Å². The predicted molar refractivity (Wildman–Crippen MR) is 105 cm³/mol. The van der Waals surface area contributed by atoms with Gasteiger partial charge in [0.05, 0.1) is 18.7 Å². The number of ether oxygens (including phenoxy) is 1. The summed E-state index contributed by atoms with van der Waals surface area (Å²) >= 11 is 0. The van der Waals surface area contributed by atoms with Crippen LogP contribution in [-0.2, 0) is 16.0 Å². The van der Waals surface area contributed by atoms with E-state index in [-0.39, 0.29) is 24.4 Å². The number of hydrogen-bond donors (Lipinski definition) is 0. The maximum atomic E-state index is 12.7. The quantitative estimate of drug-likeness (QED) is 0.738. The van der Waals surface area contributed by atoms with Crippen molar-refractivity contribution in [1.82, 2.24) is 0 Å². The Hall–Kier alpha value is -3.04. The van der Waals surface area contributed by atoms with Gasteiger partial charge in [0.1, 0.15) is 0 Å². The highest BCUT2D eigenvalue weighted by Gasteiger charge is 2.30. The molecule has 6 nitrogen and oxygen atoms in total. The average molecular weight is 386 g/mol. The molecular weight excluding hydrogens is 366 g/mol. The zero-order valence-corrected chi connectivity index (χ0v) is 15.7. The first kappa shape index (κ1) is 20.3. The second-order valence-electron chi connectivity index (χ2n) is 5.99. The molecule has 0 unspecified atom stereocenters. The molecule has 0 spiro atoms. The standard InChI is InChI=1S/C20H19N3O3.ClH/c1-26-19(24)11-6-15-2-7-17(8-3-15)22-12-13-23(20(22)25)18-9-4-16(14-21)5-10-18;/h2-5,7-10H,6,11-13H2,1H3;1H. The normalized spacial score (nSPS) is 13.1. The molecule has 2 amide bonds. The average Bonchev–Trinajstić information content (AvgIpc) is 3.08. The molecule has 0 atom stereocenters. The van der Waals surface area contributed by atoms with E-state index in [1.807, 2.05) is 24.3 Å². The number of carbonyl (C=O) groups excluding carboxylic acids is 2. The molecule has 1 fully saturated rings. The number of amides is 2. The highest BCUT2D eigenvalue weighted by atomic mass is 35.5. The molecule has 1 aliphatic heterocycles. The summed E-state index contributed by atoms with van der Waals surface area (Å²) in [7, 11) is 1.38. The number of halogens is 1. The second-order valence-corrected chi connectivity index (χ2v) is 5.99. The fraction of sp³-hybridized carbons (Fsp3) is 0.250. The van der Waals surface area contributed by atoms with Crippen LogP contribution in [0, 0.1) is 11.3 Å². The molecule has 27 heavy (non-hydrogen) atoms. The minimum atomic E-state index is -0.234. The van der Waals surface area contributed by atoms with Crippen LogP contribution >= 0.6 is 12.4 Å². The zero-order chi connectivity index (χ0) is 18.5. The lowest BCUT2D eigenvalue weighted by atomic mass is 10.1. The number of aryl methyl sites for hydroxylation is 1. The molecular formula is C20H20ClN3O3. The summed E-state index contributed by atoms with van der Waals surface area (Å²) in [5.41, 5.74) is 3.20. The maximum Gasteiger partial charge on any atom is 0.329 e. The summed E-state index contributed by atoms with van der Waals surface area (Å²) in [6.45, 7) is 1.19. The van der Waals surface area contributed by atoms with Crippen molar-refractivity contribution in [3.8, 4) is 6.07 Å². The molecule has 0 radical (unpaired) electrons. The van der Waals surface area contributed by atoms with Gasteiger partial charge in [-0.25, -0.2) is 4.79 Å². The van der Waals surface area contributed by atoms with Gasteiger partial charge in [-0.1, -0.05) is 12.1 Å². The molecule has 140 valence electrons. The molecule has 0 aromatic heterocycles. The maximum absolute atomic E-state index is 12.7. The van der Waals surface area contributed by atoms with Crippen LogP contribution in [0.4, 0.5) is 16.2 Å². The molecule has 0 aliphatic carbocycles. The van der Waals surface area contributed by atoms with Crippen LogP contribution < -0.4 is 9.80 Å². The molecule has 0 bridgehead atoms. The van der Waals surface area contributed by atoms with Gasteiger partial charge < -0.3 is 4.74 Å². The largest absolute Gasteiger partial charge is 0.469 e. The third kappa shape index (κ3) is 4.57. The van der Waals surface area contributed by atoms with E-state index in [1.165, 1.54) is 7.11 Å². The number of nitrogens with zero attached hydrogens (tertiary/aromatic N) is 3. The van der Waals surface area contributed by atoms with Crippen LogP contribution in [0.3, 0.4) is 0 Å². The van der Waals surface area contributed by atoms with E-state index >= 15 is 0 Å². The van der Waals surface area contributed by atoms with E-state index in [1.54, 1.807) is 34.1 Å². The van der Waals surface area contributed by atoms with E-state index in [0.717, 1.165) is 16.9 Å². The number of methoxy groups -OCH3 is 1. The lowest BCUT2D eigenvalue weighted by Crippen LogP contribution is -2.31. The highest BCUT2D eigenvalue weighted by molar-refractivity contribution is 6.06. The van der Waals surface area contributed by atoms with Crippen molar-refractivity contribution in [2.45, 2.75) is 12.8 Å². The van der Waals surface area contributed by atoms with Crippen molar-refractivity contribution in [2.75, 3.05) is 30.0 Å². The Morgan fingerprint density at radius 3 is 2.04 bits per heavy atom. The van der Waals surface area contributed by atoms with E-state index < -0.39 is 0 Å². The molecule has 1 saturated heterocycles. The van der Waals surface area contributed by atoms with Gasteiger partial charge in [-0.15, -0.1) is 12.4 Å². The molecule has 1 aliphatic rings. The predicted octanol–water partition coefficient (Wildman–Crippen LogP) is 3.53. The Labute approximate surface area is 164 Å². The third-order valence-corrected chi connectivity index (χ3v) is 4.41. The highest BCUT2D eigenvalue weighted by Crippen LogP contribution is 2.25. The van der Waals surface area contributed by atoms with Gasteiger partial charge >= 0.3 is 12.0 Å². The zero-order valence-electron chi connectivity index (χ0n) is 14.9. The van der Waals surface area contributed by atoms with E-state index in [0.29, 0.717) is 31.5 Å². The Morgan fingerprint density at radius 2 is 1.56 bits per heavy atom. The number of benzene rings is 2. The lowest BCUT2D eigenvalue weighted by Gasteiger charge is -2.19. The summed E-state index contributed by atoms with van der Waals surface area (Å²) in [5.74, 6) is -0.234. The Morgan fingerprint density at radius 1 is 1.04 bits per heavy atom. The molecule has 2 aromatic carbocycles. The number of hydrogen-bond acceptors (Lipinski definition) is 4. The van der Waals surface area contributed by atoms with Crippen LogP contribution in [0.1, 0.15) is 17.5 Å². The van der Waals surface area contributed by atoms with Gasteiger partial charge in [0.15, 0.2) is 0 Å². The minimum Gasteiger partial charge on any atom is -0.469 e. The minimum absolute atomic E-state index is 0. The third-order valence-electron chi connectivity index (χ3n) is 4.41. The second kappa shape index (κ2) is 9.06. The SMILES string of the molecule is COC(=O)CCc1ccc(N2CCN(c3ccc(C#N)cc3)C2=O)cc1.Cl.